The molecule has 0 bridgehead atoms. The van der Waals surface area contributed by atoms with E-state index in [0.717, 1.165) is 22.6 Å². The average molecular weight is 477 g/mol. The summed E-state index contributed by atoms with van der Waals surface area (Å²) in [5.41, 5.74) is 3.70. The van der Waals surface area contributed by atoms with Crippen molar-refractivity contribution in [3.8, 4) is 17.3 Å². The van der Waals surface area contributed by atoms with Crippen molar-refractivity contribution >= 4 is 33.5 Å². The number of hydrogen-bond donors (Lipinski definition) is 2. The molecule has 0 aliphatic heterocycles. The Labute approximate surface area is 204 Å². The summed E-state index contributed by atoms with van der Waals surface area (Å²) in [6.45, 7) is 2.05. The van der Waals surface area contributed by atoms with E-state index < -0.39 is 0 Å². The summed E-state index contributed by atoms with van der Waals surface area (Å²) in [5.74, 6) is 1.06. The normalized spacial score (nSPS) is 15.9. The predicted octanol–water partition coefficient (Wildman–Crippen LogP) is 5.62. The number of benzene rings is 1. The van der Waals surface area contributed by atoms with Crippen molar-refractivity contribution in [2.45, 2.75) is 45.1 Å². The summed E-state index contributed by atoms with van der Waals surface area (Å²) in [6.07, 6.45) is 10.9. The summed E-state index contributed by atoms with van der Waals surface area (Å²) in [6, 6.07) is 12.5. The minimum atomic E-state index is -0.120. The van der Waals surface area contributed by atoms with Crippen LogP contribution in [0.5, 0.6) is 0 Å². The molecule has 1 aliphatic rings. The maximum Gasteiger partial charge on any atom is 0.227 e. The molecule has 0 spiro atoms. The Hall–Kier alpha value is -3.22. The first-order valence-corrected chi connectivity index (χ1v) is 12.9. The number of aromatic nitrogens is 4. The molecular formula is C25H32N8S. The lowest BCUT2D eigenvalue weighted by Crippen LogP contribution is -2.17. The third-order valence-corrected chi connectivity index (χ3v) is 7.80. The highest BCUT2D eigenvalue weighted by Gasteiger charge is 2.27. The summed E-state index contributed by atoms with van der Waals surface area (Å²) < 4.78 is 7.61. The van der Waals surface area contributed by atoms with Gasteiger partial charge in [-0.25, -0.2) is 14.3 Å². The van der Waals surface area contributed by atoms with Crippen molar-refractivity contribution in [2.24, 2.45) is 5.92 Å². The molecule has 2 unspecified atom stereocenters. The van der Waals surface area contributed by atoms with Crippen molar-refractivity contribution in [2.75, 3.05) is 24.1 Å². The molecule has 2 heterocycles. The molecule has 4 rings (SSSR count). The largest absolute Gasteiger partial charge is 0.324 e. The van der Waals surface area contributed by atoms with Gasteiger partial charge in [0.1, 0.15) is 0 Å². The van der Waals surface area contributed by atoms with E-state index >= 15 is 0 Å². The van der Waals surface area contributed by atoms with Crippen molar-refractivity contribution in [1.29, 1.82) is 5.26 Å². The van der Waals surface area contributed by atoms with E-state index in [0.29, 0.717) is 18.3 Å². The van der Waals surface area contributed by atoms with Gasteiger partial charge >= 0.3 is 0 Å². The molecule has 1 fully saturated rings. The summed E-state index contributed by atoms with van der Waals surface area (Å²) in [5, 5.41) is 19.4. The Kier molecular flexibility index (Phi) is 7.93. The predicted molar refractivity (Wildman–Crippen MR) is 141 cm³/mol. The standard InChI is InChI=1S/C25H32N8S/c1-4-34(32(2)3)31-22-11-9-21(10-12-22)29-25-27-16-14-23(30-25)20-17-28-33(18-20)24(13-15-26)19-7-5-6-8-19/h4,9-12,14,16-19,24,31H,5-8,13H2,1-3H3,(H,27,29,30). The number of hydrogen-bond acceptors (Lipinski definition) is 7. The van der Waals surface area contributed by atoms with Crippen LogP contribution in [0, 0.1) is 17.2 Å². The molecule has 34 heavy (non-hydrogen) atoms. The first-order chi connectivity index (χ1) is 16.6. The maximum atomic E-state index is 9.33. The Bertz CT molecular complexity index is 1160. The lowest BCUT2D eigenvalue weighted by Gasteiger charge is -2.21. The van der Waals surface area contributed by atoms with Crippen LogP contribution in [0.15, 0.2) is 48.9 Å². The SMILES string of the molecule is C/C=S(\Nc1ccc(Nc2nccc(-c3cnn(C(CC#N)C4CCCC4)c3)n2)cc1)N(C)C. The lowest BCUT2D eigenvalue weighted by atomic mass is 9.96. The first-order valence-electron chi connectivity index (χ1n) is 11.7. The Morgan fingerprint density at radius 2 is 1.94 bits per heavy atom. The zero-order valence-electron chi connectivity index (χ0n) is 20.0. The van der Waals surface area contributed by atoms with Crippen molar-refractivity contribution in [3.05, 3.63) is 48.9 Å². The molecule has 1 saturated carbocycles. The molecule has 178 valence electrons. The summed E-state index contributed by atoms with van der Waals surface area (Å²) in [4.78, 5) is 9.08. The Balaban J connectivity index is 1.46. The van der Waals surface area contributed by atoms with Crippen LogP contribution in [0.3, 0.4) is 0 Å². The number of anilines is 3. The monoisotopic (exact) mass is 476 g/mol. The zero-order chi connectivity index (χ0) is 23.9. The summed E-state index contributed by atoms with van der Waals surface area (Å²) in [7, 11) is 3.99. The third-order valence-electron chi connectivity index (χ3n) is 6.12. The minimum Gasteiger partial charge on any atom is -0.324 e. The fourth-order valence-corrected chi connectivity index (χ4v) is 5.48. The van der Waals surface area contributed by atoms with E-state index in [1.807, 2.05) is 47.4 Å². The third kappa shape index (κ3) is 5.82. The minimum absolute atomic E-state index is 0.120. The molecular weight excluding hydrogens is 444 g/mol. The van der Waals surface area contributed by atoms with Crippen LogP contribution in [-0.4, -0.2) is 43.5 Å². The molecule has 1 aliphatic carbocycles. The molecule has 0 radical (unpaired) electrons. The van der Waals surface area contributed by atoms with E-state index in [4.69, 9.17) is 4.98 Å². The first kappa shape index (κ1) is 23.9. The highest BCUT2D eigenvalue weighted by Crippen LogP contribution is 2.36. The van der Waals surface area contributed by atoms with Crippen molar-refractivity contribution < 1.29 is 0 Å². The molecule has 1 aromatic carbocycles. The molecule has 2 aromatic heterocycles. The molecule has 2 atom stereocenters. The van der Waals surface area contributed by atoms with Gasteiger partial charge in [-0.05, 0) is 86.3 Å². The lowest BCUT2D eigenvalue weighted by molar-refractivity contribution is 0.315. The van der Waals surface area contributed by atoms with Gasteiger partial charge in [0.2, 0.25) is 5.95 Å². The molecule has 3 aromatic rings. The number of nitrogens with one attached hydrogen (secondary N) is 2. The topological polar surface area (TPSA) is 94.7 Å². The van der Waals surface area contributed by atoms with Crippen LogP contribution in [0.25, 0.3) is 11.3 Å². The summed E-state index contributed by atoms with van der Waals surface area (Å²) >= 11 is 0. The second-order valence-corrected chi connectivity index (χ2v) is 10.7. The van der Waals surface area contributed by atoms with E-state index in [2.05, 4.69) is 56.9 Å². The van der Waals surface area contributed by atoms with Gasteiger partial charge in [0.25, 0.3) is 0 Å². The highest BCUT2D eigenvalue weighted by molar-refractivity contribution is 8.14. The van der Waals surface area contributed by atoms with Gasteiger partial charge in [0.15, 0.2) is 0 Å². The molecule has 0 amide bonds. The van der Waals surface area contributed by atoms with Crippen LogP contribution in [-0.2, 0) is 0 Å². The van der Waals surface area contributed by atoms with Gasteiger partial charge in [-0.3, -0.25) is 4.68 Å². The van der Waals surface area contributed by atoms with Crippen LogP contribution in [0.1, 0.15) is 45.1 Å². The van der Waals surface area contributed by atoms with Gasteiger partial charge < -0.3 is 10.0 Å². The van der Waals surface area contributed by atoms with Crippen LogP contribution < -0.4 is 10.0 Å². The zero-order valence-corrected chi connectivity index (χ0v) is 20.8. The van der Waals surface area contributed by atoms with Gasteiger partial charge in [0.05, 0.1) is 30.4 Å². The van der Waals surface area contributed by atoms with Crippen LogP contribution >= 0.6 is 10.9 Å². The number of nitriles is 1. The average Bonchev–Trinajstić information content (AvgIpc) is 3.55. The van der Waals surface area contributed by atoms with Crippen LogP contribution in [0.4, 0.5) is 17.3 Å². The Morgan fingerprint density at radius 3 is 2.62 bits per heavy atom. The van der Waals surface area contributed by atoms with Crippen molar-refractivity contribution in [1.82, 2.24) is 24.1 Å². The second-order valence-electron chi connectivity index (χ2n) is 8.62. The molecule has 2 N–H and O–H groups in total. The fraction of sp³-hybridized carbons (Fsp3) is 0.400. The molecule has 9 heteroatoms. The van der Waals surface area contributed by atoms with E-state index in [1.165, 1.54) is 25.7 Å². The number of rotatable bonds is 9. The van der Waals surface area contributed by atoms with E-state index in [1.54, 1.807) is 6.20 Å². The fourth-order valence-electron chi connectivity index (χ4n) is 4.38. The van der Waals surface area contributed by atoms with E-state index in [9.17, 15) is 5.26 Å². The maximum absolute atomic E-state index is 9.33. The Morgan fingerprint density at radius 1 is 1.21 bits per heavy atom. The quantitative estimate of drug-likeness (QED) is 0.387. The molecule has 0 saturated heterocycles. The van der Waals surface area contributed by atoms with Crippen LogP contribution in [0.2, 0.25) is 0 Å². The van der Waals surface area contributed by atoms with Crippen molar-refractivity contribution in [3.63, 3.8) is 0 Å². The highest BCUT2D eigenvalue weighted by atomic mass is 32.2. The molecule has 8 nitrogen and oxygen atoms in total. The second kappa shape index (κ2) is 11.3. The number of nitrogens with zero attached hydrogens (tertiary/aromatic N) is 6. The van der Waals surface area contributed by atoms with Gasteiger partial charge in [-0.2, -0.15) is 10.4 Å². The van der Waals surface area contributed by atoms with Gasteiger partial charge in [-0.15, -0.1) is 0 Å². The van der Waals surface area contributed by atoms with E-state index in [-0.39, 0.29) is 16.9 Å². The van der Waals surface area contributed by atoms with Gasteiger partial charge in [0, 0.05) is 29.3 Å². The smallest absolute Gasteiger partial charge is 0.227 e. The van der Waals surface area contributed by atoms with Gasteiger partial charge in [-0.1, -0.05) is 12.8 Å².